The zero-order valence-corrected chi connectivity index (χ0v) is 18.5. The number of methoxy groups -OCH3 is 1. The molecule has 2 aromatic heterocycles. The van der Waals surface area contributed by atoms with Crippen molar-refractivity contribution in [1.29, 1.82) is 0 Å². The van der Waals surface area contributed by atoms with E-state index in [2.05, 4.69) is 11.1 Å². The van der Waals surface area contributed by atoms with Crippen LogP contribution in [0.25, 0.3) is 5.57 Å². The number of likely N-dealkylation sites (tertiary alicyclic amines) is 1. The molecule has 172 valence electrons. The maximum atomic E-state index is 13.5. The van der Waals surface area contributed by atoms with Crippen LogP contribution < -0.4 is 5.56 Å². The number of aliphatic hydroxyl groups excluding tert-OH is 1. The van der Waals surface area contributed by atoms with E-state index in [-0.39, 0.29) is 30.4 Å². The number of carbonyl (C=O) groups is 2. The van der Waals surface area contributed by atoms with E-state index in [4.69, 9.17) is 4.74 Å². The number of amides is 1. The molecule has 0 spiro atoms. The first kappa shape index (κ1) is 21.6. The molecule has 4 atom stereocenters. The van der Waals surface area contributed by atoms with Gasteiger partial charge in [0.15, 0.2) is 0 Å². The molecule has 1 amide bonds. The summed E-state index contributed by atoms with van der Waals surface area (Å²) in [4.78, 5) is 45.3. The number of ether oxygens (including phenoxy) is 1. The van der Waals surface area contributed by atoms with Crippen LogP contribution in [-0.4, -0.2) is 51.2 Å². The third-order valence-corrected chi connectivity index (χ3v) is 7.27. The number of nitrogens with zero attached hydrogens (tertiary/aromatic N) is 3. The molecule has 5 rings (SSSR count). The molecule has 0 unspecified atom stereocenters. The minimum absolute atomic E-state index is 0.0674. The predicted octanol–water partition coefficient (Wildman–Crippen LogP) is 1.72. The van der Waals surface area contributed by atoms with Crippen molar-refractivity contribution >= 4 is 17.4 Å². The van der Waals surface area contributed by atoms with Crippen LogP contribution in [-0.2, 0) is 27.3 Å². The fourth-order valence-electron chi connectivity index (χ4n) is 5.78. The standard InChI is InChI=1S/C25H27N3O5/c1-33-25(32)23-19(14-29)18-13-27-20(9-8-17(24(27)31)16-6-2-3-7-16)22(18)28(23)21(30)11-15-5-4-10-26-12-15/h4-6,8-10,12,18-19,22-23,29H,2-3,7,11,13-14H2,1H3/t18-,19-,22+,23-/m0/s1. The van der Waals surface area contributed by atoms with Gasteiger partial charge in [0.25, 0.3) is 5.56 Å². The summed E-state index contributed by atoms with van der Waals surface area (Å²) in [5.41, 5.74) is 3.14. The Morgan fingerprint density at radius 1 is 1.27 bits per heavy atom. The van der Waals surface area contributed by atoms with Crippen molar-refractivity contribution in [1.82, 2.24) is 14.5 Å². The highest BCUT2D eigenvalue weighted by atomic mass is 16.5. The van der Waals surface area contributed by atoms with Gasteiger partial charge >= 0.3 is 5.97 Å². The summed E-state index contributed by atoms with van der Waals surface area (Å²) in [5, 5.41) is 10.2. The van der Waals surface area contributed by atoms with E-state index in [0.29, 0.717) is 17.8 Å². The molecule has 0 radical (unpaired) electrons. The average molecular weight is 450 g/mol. The minimum atomic E-state index is -0.903. The number of allylic oxidation sites excluding steroid dienone is 2. The summed E-state index contributed by atoms with van der Waals surface area (Å²) in [5.74, 6) is -1.58. The number of rotatable bonds is 5. The molecule has 2 aliphatic heterocycles. The van der Waals surface area contributed by atoms with Crippen LogP contribution in [0.4, 0.5) is 0 Å². The predicted molar refractivity (Wildman–Crippen MR) is 120 cm³/mol. The summed E-state index contributed by atoms with van der Waals surface area (Å²) in [6.07, 6.45) is 8.36. The number of aliphatic hydroxyl groups is 1. The molecule has 1 saturated heterocycles. The highest BCUT2D eigenvalue weighted by molar-refractivity contribution is 5.87. The zero-order chi connectivity index (χ0) is 23.1. The molecule has 2 aromatic rings. The monoisotopic (exact) mass is 449 g/mol. The summed E-state index contributed by atoms with van der Waals surface area (Å²) in [6, 6.07) is 5.93. The van der Waals surface area contributed by atoms with Gasteiger partial charge in [-0.1, -0.05) is 12.1 Å². The van der Waals surface area contributed by atoms with Gasteiger partial charge in [-0.2, -0.15) is 0 Å². The third-order valence-electron chi connectivity index (χ3n) is 7.27. The Bertz CT molecular complexity index is 1170. The van der Waals surface area contributed by atoms with E-state index >= 15 is 0 Å². The smallest absolute Gasteiger partial charge is 0.328 e. The first-order valence-electron chi connectivity index (χ1n) is 11.4. The van der Waals surface area contributed by atoms with Gasteiger partial charge < -0.3 is 19.3 Å². The second kappa shape index (κ2) is 8.59. The Hall–Kier alpha value is -3.26. The molecular weight excluding hydrogens is 422 g/mol. The number of aromatic nitrogens is 2. The lowest BCUT2D eigenvalue weighted by atomic mass is 9.88. The van der Waals surface area contributed by atoms with Gasteiger partial charge in [-0.3, -0.25) is 14.6 Å². The van der Waals surface area contributed by atoms with Crippen LogP contribution in [0.3, 0.4) is 0 Å². The quantitative estimate of drug-likeness (QED) is 0.698. The number of carbonyl (C=O) groups excluding carboxylic acids is 2. The van der Waals surface area contributed by atoms with Gasteiger partial charge in [-0.25, -0.2) is 4.79 Å². The second-order valence-electron chi connectivity index (χ2n) is 8.97. The molecule has 1 aliphatic carbocycles. The number of hydrogen-bond donors (Lipinski definition) is 1. The molecule has 3 aliphatic rings. The molecule has 0 bridgehead atoms. The Kier molecular flexibility index (Phi) is 5.62. The van der Waals surface area contributed by atoms with Crippen LogP contribution in [0.5, 0.6) is 0 Å². The fraction of sp³-hybridized carbons (Fsp3) is 0.440. The van der Waals surface area contributed by atoms with Crippen LogP contribution in [0.15, 0.2) is 47.5 Å². The minimum Gasteiger partial charge on any atom is -0.467 e. The first-order chi connectivity index (χ1) is 16.0. The maximum Gasteiger partial charge on any atom is 0.328 e. The van der Waals surface area contributed by atoms with Gasteiger partial charge in [-0.05, 0) is 48.6 Å². The summed E-state index contributed by atoms with van der Waals surface area (Å²) in [6.45, 7) is 0.0771. The highest BCUT2D eigenvalue weighted by Gasteiger charge is 2.57. The van der Waals surface area contributed by atoms with E-state index in [1.54, 1.807) is 23.0 Å². The lowest BCUT2D eigenvalue weighted by Crippen LogP contribution is -2.47. The van der Waals surface area contributed by atoms with Crippen molar-refractivity contribution in [3.05, 3.63) is 69.9 Å². The lowest BCUT2D eigenvalue weighted by molar-refractivity contribution is -0.154. The summed E-state index contributed by atoms with van der Waals surface area (Å²) >= 11 is 0. The molecule has 0 saturated carbocycles. The highest BCUT2D eigenvalue weighted by Crippen LogP contribution is 2.49. The van der Waals surface area contributed by atoms with E-state index in [1.165, 1.54) is 12.0 Å². The molecular formula is C25H27N3O5. The van der Waals surface area contributed by atoms with Crippen LogP contribution in [0.2, 0.25) is 0 Å². The largest absolute Gasteiger partial charge is 0.467 e. The number of pyridine rings is 2. The van der Waals surface area contributed by atoms with Crippen LogP contribution in [0, 0.1) is 11.8 Å². The summed E-state index contributed by atoms with van der Waals surface area (Å²) in [7, 11) is 1.29. The average Bonchev–Trinajstić information content (AvgIpc) is 3.54. The Morgan fingerprint density at radius 3 is 2.79 bits per heavy atom. The van der Waals surface area contributed by atoms with Gasteiger partial charge in [0.1, 0.15) is 6.04 Å². The lowest BCUT2D eigenvalue weighted by Gasteiger charge is -2.30. The van der Waals surface area contributed by atoms with Crippen molar-refractivity contribution in [2.45, 2.75) is 44.3 Å². The van der Waals surface area contributed by atoms with E-state index in [9.17, 15) is 19.5 Å². The van der Waals surface area contributed by atoms with Crippen LogP contribution in [0.1, 0.15) is 42.1 Å². The summed E-state index contributed by atoms with van der Waals surface area (Å²) < 4.78 is 6.75. The number of fused-ring (bicyclic) bond motifs is 3. The molecule has 33 heavy (non-hydrogen) atoms. The first-order valence-corrected chi connectivity index (χ1v) is 11.4. The number of hydrogen-bond acceptors (Lipinski definition) is 6. The SMILES string of the molecule is COC(=O)[C@@H]1[C@@H](CO)[C@@H]2Cn3c(ccc(C4=CCCC4)c3=O)[C@@H]2N1C(=O)Cc1cccnc1. The van der Waals surface area contributed by atoms with E-state index in [1.807, 2.05) is 18.2 Å². The molecule has 1 N–H and O–H groups in total. The van der Waals surface area contributed by atoms with Crippen molar-refractivity contribution in [2.75, 3.05) is 13.7 Å². The normalized spacial score (nSPS) is 25.5. The van der Waals surface area contributed by atoms with Crippen molar-refractivity contribution < 1.29 is 19.4 Å². The van der Waals surface area contributed by atoms with Gasteiger partial charge in [-0.15, -0.1) is 0 Å². The maximum absolute atomic E-state index is 13.5. The number of esters is 1. The molecule has 4 heterocycles. The van der Waals surface area contributed by atoms with Crippen LogP contribution >= 0.6 is 0 Å². The van der Waals surface area contributed by atoms with Gasteiger partial charge in [0.05, 0.1) is 19.6 Å². The Morgan fingerprint density at radius 2 is 2.12 bits per heavy atom. The molecule has 8 heteroatoms. The van der Waals surface area contributed by atoms with Crippen molar-refractivity contribution in [3.63, 3.8) is 0 Å². The van der Waals surface area contributed by atoms with Crippen molar-refractivity contribution in [2.24, 2.45) is 11.8 Å². The van der Waals surface area contributed by atoms with E-state index < -0.39 is 24.0 Å². The Balaban J connectivity index is 1.57. The fourth-order valence-corrected chi connectivity index (χ4v) is 5.78. The molecule has 8 nitrogen and oxygen atoms in total. The topological polar surface area (TPSA) is 102 Å². The third kappa shape index (κ3) is 3.49. The molecule has 1 fully saturated rings. The zero-order valence-electron chi connectivity index (χ0n) is 18.5. The van der Waals surface area contributed by atoms with Gasteiger partial charge in [0, 0.05) is 48.6 Å². The van der Waals surface area contributed by atoms with Gasteiger partial charge in [0.2, 0.25) is 5.91 Å². The molecule has 0 aromatic carbocycles. The Labute approximate surface area is 191 Å². The van der Waals surface area contributed by atoms with Crippen molar-refractivity contribution in [3.8, 4) is 0 Å². The second-order valence-corrected chi connectivity index (χ2v) is 8.97. The van der Waals surface area contributed by atoms with E-state index in [0.717, 1.165) is 30.4 Å².